The van der Waals surface area contributed by atoms with Crippen LogP contribution in [-0.2, 0) is 20.5 Å². The van der Waals surface area contributed by atoms with E-state index < -0.39 is 0 Å². The van der Waals surface area contributed by atoms with E-state index >= 15 is 0 Å². The van der Waals surface area contributed by atoms with Gasteiger partial charge < -0.3 is 14.2 Å². The van der Waals surface area contributed by atoms with E-state index in [4.69, 9.17) is 14.6 Å². The van der Waals surface area contributed by atoms with Gasteiger partial charge in [0.15, 0.2) is 0 Å². The van der Waals surface area contributed by atoms with Gasteiger partial charge in [-0.3, -0.25) is 4.79 Å². The molecule has 1 amide bonds. The Morgan fingerprint density at radius 2 is 1.69 bits per heavy atom. The fourth-order valence-electron chi connectivity index (χ4n) is 3.32. The van der Waals surface area contributed by atoms with E-state index in [1.807, 2.05) is 56.9 Å². The van der Waals surface area contributed by atoms with Gasteiger partial charge in [0.25, 0.3) is 0 Å². The average molecular weight is 354 g/mol. The van der Waals surface area contributed by atoms with Gasteiger partial charge in [0.1, 0.15) is 0 Å². The Morgan fingerprint density at radius 1 is 1.15 bits per heavy atom. The van der Waals surface area contributed by atoms with Crippen LogP contribution in [-0.4, -0.2) is 42.2 Å². The van der Waals surface area contributed by atoms with Crippen LogP contribution < -0.4 is 5.46 Å². The third-order valence-corrected chi connectivity index (χ3v) is 5.89. The van der Waals surface area contributed by atoms with Crippen LogP contribution in [0.4, 0.5) is 0 Å². The second kappa shape index (κ2) is 7.05. The van der Waals surface area contributed by atoms with Gasteiger partial charge in [-0.2, -0.15) is 5.26 Å². The summed E-state index contributed by atoms with van der Waals surface area (Å²) in [5.74, 6) is 0.225. The van der Waals surface area contributed by atoms with Crippen molar-refractivity contribution in [2.45, 2.75) is 58.2 Å². The van der Waals surface area contributed by atoms with Crippen molar-refractivity contribution >= 4 is 18.5 Å². The molecule has 26 heavy (non-hydrogen) atoms. The Kier molecular flexibility index (Phi) is 5.14. The normalized spacial score (nSPS) is 22.3. The van der Waals surface area contributed by atoms with Gasteiger partial charge in [-0.25, -0.2) is 0 Å². The van der Waals surface area contributed by atoms with Gasteiger partial charge in [0.2, 0.25) is 5.91 Å². The second-order valence-electron chi connectivity index (χ2n) is 8.29. The molecule has 2 heterocycles. The maximum absolute atomic E-state index is 12.5. The van der Waals surface area contributed by atoms with Gasteiger partial charge in [0.05, 0.1) is 23.7 Å². The summed E-state index contributed by atoms with van der Waals surface area (Å²) in [6.07, 6.45) is 1.95. The first-order valence-corrected chi connectivity index (χ1v) is 9.34. The fraction of sp³-hybridized carbons (Fsp3) is 0.600. The molecule has 0 aromatic heterocycles. The molecule has 0 N–H and O–H groups in total. The highest BCUT2D eigenvalue weighted by atomic mass is 16.7. The monoisotopic (exact) mass is 354 g/mol. The number of nitriles is 1. The lowest BCUT2D eigenvalue weighted by atomic mass is 9.79. The second-order valence-corrected chi connectivity index (χ2v) is 8.29. The quantitative estimate of drug-likeness (QED) is 0.782. The van der Waals surface area contributed by atoms with Crippen molar-refractivity contribution in [1.82, 2.24) is 4.90 Å². The van der Waals surface area contributed by atoms with Crippen LogP contribution in [0, 0.1) is 17.2 Å². The molecule has 1 aromatic carbocycles. The molecule has 5 nitrogen and oxygen atoms in total. The number of nitrogens with zero attached hydrogens (tertiary/aromatic N) is 2. The third-order valence-electron chi connectivity index (χ3n) is 5.89. The van der Waals surface area contributed by atoms with E-state index in [9.17, 15) is 4.79 Å². The van der Waals surface area contributed by atoms with E-state index in [1.165, 1.54) is 0 Å². The molecule has 6 heteroatoms. The first-order valence-electron chi connectivity index (χ1n) is 9.34. The molecule has 3 rings (SSSR count). The zero-order valence-corrected chi connectivity index (χ0v) is 16.1. The summed E-state index contributed by atoms with van der Waals surface area (Å²) >= 11 is 0. The molecule has 0 bridgehead atoms. The molecule has 0 radical (unpaired) electrons. The van der Waals surface area contributed by atoms with Crippen LogP contribution in [0.2, 0.25) is 0 Å². The number of hydrogen-bond donors (Lipinski definition) is 0. The van der Waals surface area contributed by atoms with Gasteiger partial charge >= 0.3 is 7.12 Å². The minimum absolute atomic E-state index is 0.0956. The van der Waals surface area contributed by atoms with E-state index in [0.29, 0.717) is 19.5 Å². The Morgan fingerprint density at radius 3 is 2.19 bits per heavy atom. The van der Waals surface area contributed by atoms with Crippen LogP contribution in [0.1, 0.15) is 46.1 Å². The molecule has 0 unspecified atom stereocenters. The first-order chi connectivity index (χ1) is 12.2. The number of amides is 1. The molecule has 0 saturated carbocycles. The fourth-order valence-corrected chi connectivity index (χ4v) is 3.32. The van der Waals surface area contributed by atoms with Crippen molar-refractivity contribution in [2.75, 3.05) is 13.1 Å². The van der Waals surface area contributed by atoms with E-state index in [0.717, 1.165) is 23.9 Å². The number of rotatable bonds is 3. The number of benzene rings is 1. The molecular weight excluding hydrogens is 327 g/mol. The molecule has 2 aliphatic rings. The van der Waals surface area contributed by atoms with Crippen molar-refractivity contribution in [3.63, 3.8) is 0 Å². The van der Waals surface area contributed by atoms with Crippen LogP contribution in [0.3, 0.4) is 0 Å². The molecule has 0 spiro atoms. The number of carbonyl (C=O) groups is 1. The lowest BCUT2D eigenvalue weighted by Gasteiger charge is -2.32. The van der Waals surface area contributed by atoms with Crippen LogP contribution in [0.5, 0.6) is 0 Å². The zero-order chi connectivity index (χ0) is 18.9. The van der Waals surface area contributed by atoms with Crippen molar-refractivity contribution in [1.29, 1.82) is 5.26 Å². The highest BCUT2D eigenvalue weighted by Gasteiger charge is 2.51. The largest absolute Gasteiger partial charge is 0.494 e. The lowest BCUT2D eigenvalue weighted by Crippen LogP contribution is -2.41. The zero-order valence-electron chi connectivity index (χ0n) is 16.1. The number of carbonyl (C=O) groups excluding carboxylic acids is 1. The van der Waals surface area contributed by atoms with Gasteiger partial charge in [-0.15, -0.1) is 0 Å². The molecule has 2 saturated heterocycles. The Labute approximate surface area is 156 Å². The molecular formula is C20H27BN2O3. The van der Waals surface area contributed by atoms with Gasteiger partial charge in [-0.05, 0) is 51.6 Å². The van der Waals surface area contributed by atoms with Gasteiger partial charge in [0, 0.05) is 19.0 Å². The summed E-state index contributed by atoms with van der Waals surface area (Å²) in [4.78, 5) is 14.3. The smallest absolute Gasteiger partial charge is 0.399 e. The van der Waals surface area contributed by atoms with E-state index in [1.54, 1.807) is 0 Å². The molecule has 2 aliphatic heterocycles. The molecule has 2 fully saturated rings. The Balaban J connectivity index is 1.59. The predicted molar refractivity (Wildman–Crippen MR) is 101 cm³/mol. The highest BCUT2D eigenvalue weighted by Crippen LogP contribution is 2.36. The summed E-state index contributed by atoms with van der Waals surface area (Å²) in [5.41, 5.74) is 1.23. The van der Waals surface area contributed by atoms with Crippen molar-refractivity contribution in [3.05, 3.63) is 29.8 Å². The van der Waals surface area contributed by atoms with Crippen LogP contribution in [0.25, 0.3) is 0 Å². The topological polar surface area (TPSA) is 62.6 Å². The van der Waals surface area contributed by atoms with Crippen molar-refractivity contribution in [3.8, 4) is 6.07 Å². The lowest BCUT2D eigenvalue weighted by molar-refractivity contribution is -0.131. The summed E-state index contributed by atoms with van der Waals surface area (Å²) < 4.78 is 12.1. The Hall–Kier alpha value is -1.84. The molecule has 1 aromatic rings. The maximum atomic E-state index is 12.5. The standard InChI is InChI=1S/C20H27BN2O3/c1-19(2)20(3,4)26-21(25-19)17-7-5-15(6-8-17)13-18(24)23-11-9-16(14-22)10-12-23/h5-8,16H,9-13H2,1-4H3. The number of hydrogen-bond acceptors (Lipinski definition) is 4. The van der Waals surface area contributed by atoms with Crippen LogP contribution in [0.15, 0.2) is 24.3 Å². The number of likely N-dealkylation sites (tertiary alicyclic amines) is 1. The van der Waals surface area contributed by atoms with E-state index in [2.05, 4.69) is 6.07 Å². The minimum Gasteiger partial charge on any atom is -0.399 e. The predicted octanol–water partition coefficient (Wildman–Crippen LogP) is 2.29. The average Bonchev–Trinajstić information content (AvgIpc) is 2.83. The summed E-state index contributed by atoms with van der Waals surface area (Å²) in [6.45, 7) is 9.52. The van der Waals surface area contributed by atoms with E-state index in [-0.39, 0.29) is 30.1 Å². The van der Waals surface area contributed by atoms with Gasteiger partial charge in [-0.1, -0.05) is 24.3 Å². The number of piperidine rings is 1. The van der Waals surface area contributed by atoms with Crippen LogP contribution >= 0.6 is 0 Å². The SMILES string of the molecule is CC1(C)OB(c2ccc(CC(=O)N3CCC(C#N)CC3)cc2)OC1(C)C. The minimum atomic E-state index is -0.380. The highest BCUT2D eigenvalue weighted by molar-refractivity contribution is 6.62. The molecule has 138 valence electrons. The van der Waals surface area contributed by atoms with Crippen molar-refractivity contribution < 1.29 is 14.1 Å². The summed E-state index contributed by atoms with van der Waals surface area (Å²) in [7, 11) is -0.380. The third kappa shape index (κ3) is 3.79. The Bertz CT molecular complexity index is 685. The molecule has 0 aliphatic carbocycles. The van der Waals surface area contributed by atoms with Crippen molar-refractivity contribution in [2.24, 2.45) is 5.92 Å². The summed E-state index contributed by atoms with van der Waals surface area (Å²) in [6, 6.07) is 10.2. The maximum Gasteiger partial charge on any atom is 0.494 e. The summed E-state index contributed by atoms with van der Waals surface area (Å²) in [5, 5.41) is 8.96. The first kappa shape index (κ1) is 18.9. The molecule has 0 atom stereocenters.